The molecule has 0 amide bonds. The highest BCUT2D eigenvalue weighted by atomic mass is 16.1. The molecule has 0 unspecified atom stereocenters. The first-order chi connectivity index (χ1) is 12.8. The zero-order chi connectivity index (χ0) is 19.9. The van der Waals surface area contributed by atoms with Gasteiger partial charge in [-0.15, -0.1) is 0 Å². The van der Waals surface area contributed by atoms with Crippen LogP contribution in [0.5, 0.6) is 0 Å². The highest BCUT2D eigenvalue weighted by molar-refractivity contribution is 6.08. The number of hydrogen-bond acceptors (Lipinski definition) is 2. The molecular formula is C25H26O2. The summed E-state index contributed by atoms with van der Waals surface area (Å²) < 4.78 is 0. The summed E-state index contributed by atoms with van der Waals surface area (Å²) in [5.74, 6) is 0.201. The molecule has 0 aliphatic carbocycles. The summed E-state index contributed by atoms with van der Waals surface area (Å²) in [5, 5.41) is 0. The predicted octanol–water partition coefficient (Wildman–Crippen LogP) is 6.10. The molecule has 0 atom stereocenters. The standard InChI is InChI=1S/C13H10O.C12H16O/c14-13(11-7-3-1-4-8-11)12-9-5-2-6-10-12;1-9(13)10-5-7-11(8-6-10)12(2,3)4/h1-10H;5-8H,1-4H3. The Balaban J connectivity index is 0.000000194. The number of rotatable bonds is 3. The Morgan fingerprint density at radius 1 is 0.593 bits per heavy atom. The normalized spacial score (nSPS) is 10.5. The number of benzene rings is 3. The largest absolute Gasteiger partial charge is 0.295 e. The van der Waals surface area contributed by atoms with Crippen LogP contribution in [0.4, 0.5) is 0 Å². The molecule has 0 bridgehead atoms. The molecule has 2 heteroatoms. The van der Waals surface area contributed by atoms with Gasteiger partial charge in [0.15, 0.2) is 11.6 Å². The van der Waals surface area contributed by atoms with Crippen LogP contribution in [0.2, 0.25) is 0 Å². The van der Waals surface area contributed by atoms with Gasteiger partial charge in [-0.05, 0) is 17.9 Å². The minimum absolute atomic E-state index is 0.0752. The zero-order valence-electron chi connectivity index (χ0n) is 16.4. The Kier molecular flexibility index (Phi) is 6.84. The minimum Gasteiger partial charge on any atom is -0.295 e. The van der Waals surface area contributed by atoms with E-state index in [0.717, 1.165) is 16.7 Å². The molecule has 0 saturated carbocycles. The van der Waals surface area contributed by atoms with Crippen LogP contribution in [-0.4, -0.2) is 11.6 Å². The second-order valence-electron chi connectivity index (χ2n) is 7.44. The van der Waals surface area contributed by atoms with Gasteiger partial charge < -0.3 is 0 Å². The minimum atomic E-state index is 0.0752. The van der Waals surface area contributed by atoms with Crippen LogP contribution >= 0.6 is 0 Å². The predicted molar refractivity (Wildman–Crippen MR) is 111 cm³/mol. The van der Waals surface area contributed by atoms with Gasteiger partial charge in [-0.3, -0.25) is 9.59 Å². The number of hydrogen-bond donors (Lipinski definition) is 0. The van der Waals surface area contributed by atoms with Gasteiger partial charge in [0, 0.05) is 16.7 Å². The van der Waals surface area contributed by atoms with Crippen molar-refractivity contribution in [1.82, 2.24) is 0 Å². The molecule has 0 spiro atoms. The second kappa shape index (κ2) is 9.09. The van der Waals surface area contributed by atoms with E-state index < -0.39 is 0 Å². The van der Waals surface area contributed by atoms with Crippen molar-refractivity contribution in [2.75, 3.05) is 0 Å². The molecular weight excluding hydrogens is 332 g/mol. The van der Waals surface area contributed by atoms with Crippen LogP contribution in [-0.2, 0) is 5.41 Å². The van der Waals surface area contributed by atoms with Gasteiger partial charge in [-0.2, -0.15) is 0 Å². The fourth-order valence-electron chi connectivity index (χ4n) is 2.55. The summed E-state index contributed by atoms with van der Waals surface area (Å²) in [4.78, 5) is 22.9. The number of Topliss-reactive ketones (excluding diaryl/α,β-unsaturated/α-hetero) is 1. The van der Waals surface area contributed by atoms with Crippen molar-refractivity contribution >= 4 is 11.6 Å². The van der Waals surface area contributed by atoms with Crippen LogP contribution < -0.4 is 0 Å². The first-order valence-electron chi connectivity index (χ1n) is 9.05. The van der Waals surface area contributed by atoms with Crippen LogP contribution in [0, 0.1) is 0 Å². The molecule has 3 aromatic carbocycles. The summed E-state index contributed by atoms with van der Waals surface area (Å²) in [7, 11) is 0. The lowest BCUT2D eigenvalue weighted by Gasteiger charge is -2.18. The molecule has 0 aliphatic heterocycles. The van der Waals surface area contributed by atoms with Crippen LogP contribution in [0.15, 0.2) is 84.9 Å². The lowest BCUT2D eigenvalue weighted by atomic mass is 9.86. The Labute approximate surface area is 161 Å². The van der Waals surface area contributed by atoms with Crippen LogP contribution in [0.3, 0.4) is 0 Å². The first-order valence-corrected chi connectivity index (χ1v) is 9.05. The van der Waals surface area contributed by atoms with Gasteiger partial charge in [0.1, 0.15) is 0 Å². The van der Waals surface area contributed by atoms with Crippen LogP contribution in [0.1, 0.15) is 59.5 Å². The smallest absolute Gasteiger partial charge is 0.193 e. The Hall–Kier alpha value is -3.00. The van der Waals surface area contributed by atoms with Crippen molar-refractivity contribution in [2.45, 2.75) is 33.1 Å². The van der Waals surface area contributed by atoms with E-state index in [4.69, 9.17) is 0 Å². The van der Waals surface area contributed by atoms with E-state index in [1.165, 1.54) is 5.56 Å². The van der Waals surface area contributed by atoms with E-state index in [-0.39, 0.29) is 17.0 Å². The number of carbonyl (C=O) groups is 2. The quantitative estimate of drug-likeness (QED) is 0.530. The molecule has 0 aromatic heterocycles. The second-order valence-corrected chi connectivity index (χ2v) is 7.44. The summed E-state index contributed by atoms with van der Waals surface area (Å²) >= 11 is 0. The van der Waals surface area contributed by atoms with E-state index in [0.29, 0.717) is 0 Å². The molecule has 0 fully saturated rings. The van der Waals surface area contributed by atoms with Gasteiger partial charge in [0.2, 0.25) is 0 Å². The maximum absolute atomic E-state index is 11.8. The average Bonchev–Trinajstić information content (AvgIpc) is 2.68. The Morgan fingerprint density at radius 2 is 1.00 bits per heavy atom. The number of carbonyl (C=O) groups excluding carboxylic acids is 2. The third kappa shape index (κ3) is 6.03. The van der Waals surface area contributed by atoms with Crippen molar-refractivity contribution in [3.63, 3.8) is 0 Å². The highest BCUT2D eigenvalue weighted by Gasteiger charge is 2.13. The summed E-state index contributed by atoms with van der Waals surface area (Å²) in [5.41, 5.74) is 3.68. The average molecular weight is 358 g/mol. The van der Waals surface area contributed by atoms with Gasteiger partial charge in [-0.25, -0.2) is 0 Å². The molecule has 0 N–H and O–H groups in total. The lowest BCUT2D eigenvalue weighted by Crippen LogP contribution is -2.10. The fraction of sp³-hybridized carbons (Fsp3) is 0.200. The van der Waals surface area contributed by atoms with Crippen molar-refractivity contribution in [3.8, 4) is 0 Å². The fourth-order valence-corrected chi connectivity index (χ4v) is 2.55. The van der Waals surface area contributed by atoms with E-state index >= 15 is 0 Å². The first kappa shape index (κ1) is 20.3. The maximum atomic E-state index is 11.8. The maximum Gasteiger partial charge on any atom is 0.193 e. The molecule has 138 valence electrons. The topological polar surface area (TPSA) is 34.1 Å². The van der Waals surface area contributed by atoms with Crippen molar-refractivity contribution < 1.29 is 9.59 Å². The van der Waals surface area contributed by atoms with E-state index in [2.05, 4.69) is 20.8 Å². The molecule has 3 rings (SSSR count). The SMILES string of the molecule is CC(=O)c1ccc(C(C)(C)C)cc1.O=C(c1ccccc1)c1ccccc1. The zero-order valence-corrected chi connectivity index (χ0v) is 16.4. The van der Waals surface area contributed by atoms with Crippen molar-refractivity contribution in [3.05, 3.63) is 107 Å². The summed E-state index contributed by atoms with van der Waals surface area (Å²) in [6, 6.07) is 26.4. The third-order valence-corrected chi connectivity index (χ3v) is 4.23. The Bertz CT molecular complexity index is 830. The van der Waals surface area contributed by atoms with E-state index in [9.17, 15) is 9.59 Å². The van der Waals surface area contributed by atoms with Gasteiger partial charge >= 0.3 is 0 Å². The van der Waals surface area contributed by atoms with Gasteiger partial charge in [0.05, 0.1) is 0 Å². The number of ketones is 2. The summed E-state index contributed by atoms with van der Waals surface area (Å²) in [6.45, 7) is 8.08. The molecule has 0 radical (unpaired) electrons. The van der Waals surface area contributed by atoms with Crippen molar-refractivity contribution in [2.24, 2.45) is 0 Å². The molecule has 27 heavy (non-hydrogen) atoms. The molecule has 0 saturated heterocycles. The summed E-state index contributed by atoms with van der Waals surface area (Å²) in [6.07, 6.45) is 0. The monoisotopic (exact) mass is 358 g/mol. The Morgan fingerprint density at radius 3 is 1.33 bits per heavy atom. The van der Waals surface area contributed by atoms with E-state index in [1.54, 1.807) is 6.92 Å². The highest BCUT2D eigenvalue weighted by Crippen LogP contribution is 2.22. The van der Waals surface area contributed by atoms with E-state index in [1.807, 2.05) is 84.9 Å². The van der Waals surface area contributed by atoms with Crippen LogP contribution in [0.25, 0.3) is 0 Å². The van der Waals surface area contributed by atoms with Crippen molar-refractivity contribution in [1.29, 1.82) is 0 Å². The molecule has 2 nitrogen and oxygen atoms in total. The molecule has 0 aliphatic rings. The molecule has 3 aromatic rings. The lowest BCUT2D eigenvalue weighted by molar-refractivity contribution is 0.101. The third-order valence-electron chi connectivity index (χ3n) is 4.23. The molecule has 0 heterocycles. The van der Waals surface area contributed by atoms with Gasteiger partial charge in [0.25, 0.3) is 0 Å². The van der Waals surface area contributed by atoms with Gasteiger partial charge in [-0.1, -0.05) is 106 Å².